The zero-order chi connectivity index (χ0) is 18.8. The van der Waals surface area contributed by atoms with Crippen molar-refractivity contribution in [1.29, 1.82) is 0 Å². The number of nitrogens with zero attached hydrogens (tertiary/aromatic N) is 3. The van der Waals surface area contributed by atoms with Crippen LogP contribution in [0.1, 0.15) is 34.1 Å². The van der Waals surface area contributed by atoms with Gasteiger partial charge in [0.25, 0.3) is 5.91 Å². The number of hydrogen-bond donors (Lipinski definition) is 0. The van der Waals surface area contributed by atoms with E-state index in [0.29, 0.717) is 22.7 Å². The van der Waals surface area contributed by atoms with Gasteiger partial charge in [-0.25, -0.2) is 4.39 Å². The van der Waals surface area contributed by atoms with Gasteiger partial charge in [0, 0.05) is 34.6 Å². The van der Waals surface area contributed by atoms with E-state index in [2.05, 4.69) is 26.1 Å². The zero-order valence-corrected chi connectivity index (χ0v) is 16.8. The summed E-state index contributed by atoms with van der Waals surface area (Å²) in [5, 5.41) is 9.92. The smallest absolute Gasteiger partial charge is 0.253 e. The lowest BCUT2D eigenvalue weighted by molar-refractivity contribution is 0.0706. The molecule has 1 saturated heterocycles. The number of rotatable bonds is 3. The fraction of sp³-hybridized carbons (Fsp3) is 0.250. The largest absolute Gasteiger partial charge is 0.338 e. The molecule has 1 aliphatic rings. The number of amides is 1. The molecular formula is C20H17BrFN3OS. The molecular weight excluding hydrogens is 429 g/mol. The van der Waals surface area contributed by atoms with Crippen LogP contribution in [0.4, 0.5) is 4.39 Å². The maximum atomic E-state index is 14.0. The number of benzene rings is 2. The topological polar surface area (TPSA) is 46.1 Å². The number of halogens is 2. The standard InChI is InChI=1S/C20H17BrFN3OS/c21-15-7-3-5-13(11-15)20(26)25-10-4-6-14(12-25)18-23-24-19(27-18)16-8-1-2-9-17(16)22/h1-3,5,7-9,11,14H,4,6,10,12H2. The predicted molar refractivity (Wildman–Crippen MR) is 107 cm³/mol. The van der Waals surface area contributed by atoms with Crippen molar-refractivity contribution >= 4 is 33.2 Å². The van der Waals surface area contributed by atoms with Crippen molar-refractivity contribution in [2.45, 2.75) is 18.8 Å². The number of carbonyl (C=O) groups is 1. The second kappa shape index (κ2) is 7.86. The number of hydrogen-bond acceptors (Lipinski definition) is 4. The van der Waals surface area contributed by atoms with Crippen LogP contribution in [0.25, 0.3) is 10.6 Å². The summed E-state index contributed by atoms with van der Waals surface area (Å²) < 4.78 is 14.9. The minimum atomic E-state index is -0.296. The molecule has 2 aromatic carbocycles. The second-order valence-electron chi connectivity index (χ2n) is 6.53. The number of piperidine rings is 1. The average Bonchev–Trinajstić information content (AvgIpc) is 3.18. The Morgan fingerprint density at radius 2 is 2.04 bits per heavy atom. The molecule has 1 unspecified atom stereocenters. The SMILES string of the molecule is O=C(c1cccc(Br)c1)N1CCCC(c2nnc(-c3ccccc3F)s2)C1. The zero-order valence-electron chi connectivity index (χ0n) is 14.4. The summed E-state index contributed by atoms with van der Waals surface area (Å²) in [4.78, 5) is 14.7. The average molecular weight is 446 g/mol. The highest BCUT2D eigenvalue weighted by Gasteiger charge is 2.28. The maximum Gasteiger partial charge on any atom is 0.253 e. The monoisotopic (exact) mass is 445 g/mol. The summed E-state index contributed by atoms with van der Waals surface area (Å²) in [6.45, 7) is 1.35. The van der Waals surface area contributed by atoms with Gasteiger partial charge in [-0.3, -0.25) is 4.79 Å². The van der Waals surface area contributed by atoms with E-state index in [-0.39, 0.29) is 17.6 Å². The molecule has 1 fully saturated rings. The molecule has 0 spiro atoms. The van der Waals surface area contributed by atoms with Gasteiger partial charge in [0.15, 0.2) is 5.01 Å². The van der Waals surface area contributed by atoms with E-state index in [1.165, 1.54) is 17.4 Å². The highest BCUT2D eigenvalue weighted by atomic mass is 79.9. The molecule has 1 atom stereocenters. The van der Waals surface area contributed by atoms with Crippen molar-refractivity contribution < 1.29 is 9.18 Å². The Kier molecular flexibility index (Phi) is 5.31. The maximum absolute atomic E-state index is 14.0. The lowest BCUT2D eigenvalue weighted by Gasteiger charge is -2.31. The first kappa shape index (κ1) is 18.3. The summed E-state index contributed by atoms with van der Waals surface area (Å²) in [6, 6.07) is 14.0. The van der Waals surface area contributed by atoms with Crippen molar-refractivity contribution in [3.05, 3.63) is 69.4 Å². The molecule has 1 amide bonds. The van der Waals surface area contributed by atoms with Crippen molar-refractivity contribution in [3.63, 3.8) is 0 Å². The van der Waals surface area contributed by atoms with Crippen LogP contribution in [0.2, 0.25) is 0 Å². The molecule has 1 aliphatic heterocycles. The van der Waals surface area contributed by atoms with Gasteiger partial charge in [0.1, 0.15) is 10.8 Å². The van der Waals surface area contributed by atoms with E-state index in [9.17, 15) is 9.18 Å². The van der Waals surface area contributed by atoms with Gasteiger partial charge < -0.3 is 4.90 Å². The van der Waals surface area contributed by atoms with Crippen LogP contribution in [-0.4, -0.2) is 34.1 Å². The highest BCUT2D eigenvalue weighted by molar-refractivity contribution is 9.10. The molecule has 0 N–H and O–H groups in total. The molecule has 7 heteroatoms. The summed E-state index contributed by atoms with van der Waals surface area (Å²) in [5.41, 5.74) is 1.15. The lowest BCUT2D eigenvalue weighted by atomic mass is 9.98. The van der Waals surface area contributed by atoms with Crippen molar-refractivity contribution in [2.75, 3.05) is 13.1 Å². The molecule has 0 aliphatic carbocycles. The van der Waals surface area contributed by atoms with Gasteiger partial charge in [0.2, 0.25) is 0 Å². The second-order valence-corrected chi connectivity index (χ2v) is 8.45. The van der Waals surface area contributed by atoms with Gasteiger partial charge in [-0.05, 0) is 43.2 Å². The minimum absolute atomic E-state index is 0.0276. The fourth-order valence-corrected chi connectivity index (χ4v) is 4.71. The van der Waals surface area contributed by atoms with Crippen molar-refractivity contribution in [2.24, 2.45) is 0 Å². The number of carbonyl (C=O) groups excluding carboxylic acids is 1. The third kappa shape index (κ3) is 3.94. The van der Waals surface area contributed by atoms with Gasteiger partial charge in [-0.1, -0.05) is 45.5 Å². The predicted octanol–water partition coefficient (Wildman–Crippen LogP) is 5.13. The Hall–Kier alpha value is -2.12. The van der Waals surface area contributed by atoms with Crippen molar-refractivity contribution in [1.82, 2.24) is 15.1 Å². The van der Waals surface area contributed by atoms with Crippen LogP contribution in [-0.2, 0) is 0 Å². The Balaban J connectivity index is 1.52. The Morgan fingerprint density at radius 1 is 1.19 bits per heavy atom. The molecule has 0 radical (unpaired) electrons. The van der Waals surface area contributed by atoms with E-state index in [1.54, 1.807) is 18.2 Å². The molecule has 4 rings (SSSR count). The Morgan fingerprint density at radius 3 is 2.85 bits per heavy atom. The van der Waals surface area contributed by atoms with E-state index in [4.69, 9.17) is 0 Å². The quantitative estimate of drug-likeness (QED) is 0.561. The summed E-state index contributed by atoms with van der Waals surface area (Å²) >= 11 is 4.83. The third-order valence-electron chi connectivity index (χ3n) is 4.67. The molecule has 3 aromatic rings. The van der Waals surface area contributed by atoms with Gasteiger partial charge in [-0.15, -0.1) is 10.2 Å². The first-order valence-electron chi connectivity index (χ1n) is 8.75. The van der Waals surface area contributed by atoms with Gasteiger partial charge in [0.05, 0.1) is 0 Å². The molecule has 1 aromatic heterocycles. The lowest BCUT2D eigenvalue weighted by Crippen LogP contribution is -2.39. The highest BCUT2D eigenvalue weighted by Crippen LogP contribution is 2.34. The molecule has 2 heterocycles. The van der Waals surface area contributed by atoms with Crippen LogP contribution in [0.3, 0.4) is 0 Å². The third-order valence-corrected chi connectivity index (χ3v) is 6.29. The van der Waals surface area contributed by atoms with Gasteiger partial charge >= 0.3 is 0 Å². The number of likely N-dealkylation sites (tertiary alicyclic amines) is 1. The summed E-state index contributed by atoms with van der Waals surface area (Å²) in [7, 11) is 0. The van der Waals surface area contributed by atoms with E-state index >= 15 is 0 Å². The van der Waals surface area contributed by atoms with E-state index < -0.39 is 0 Å². The van der Waals surface area contributed by atoms with E-state index in [0.717, 1.165) is 28.9 Å². The van der Waals surface area contributed by atoms with Crippen LogP contribution in [0.5, 0.6) is 0 Å². The fourth-order valence-electron chi connectivity index (χ4n) is 3.31. The van der Waals surface area contributed by atoms with Crippen LogP contribution in [0.15, 0.2) is 53.0 Å². The number of aromatic nitrogens is 2. The normalized spacial score (nSPS) is 17.1. The molecule has 0 bridgehead atoms. The first-order chi connectivity index (χ1) is 13.1. The molecule has 27 heavy (non-hydrogen) atoms. The van der Waals surface area contributed by atoms with Crippen LogP contribution < -0.4 is 0 Å². The molecule has 4 nitrogen and oxygen atoms in total. The summed E-state index contributed by atoms with van der Waals surface area (Å²) in [5.74, 6) is -0.136. The van der Waals surface area contributed by atoms with Crippen molar-refractivity contribution in [3.8, 4) is 10.6 Å². The van der Waals surface area contributed by atoms with Crippen LogP contribution in [0, 0.1) is 5.82 Å². The first-order valence-corrected chi connectivity index (χ1v) is 10.4. The van der Waals surface area contributed by atoms with E-state index in [1.807, 2.05) is 29.2 Å². The Bertz CT molecular complexity index is 977. The van der Waals surface area contributed by atoms with Crippen LogP contribution >= 0.6 is 27.3 Å². The minimum Gasteiger partial charge on any atom is -0.338 e. The Labute approximate surface area is 169 Å². The summed E-state index contributed by atoms with van der Waals surface area (Å²) in [6.07, 6.45) is 1.87. The van der Waals surface area contributed by atoms with Gasteiger partial charge in [-0.2, -0.15) is 0 Å². The molecule has 138 valence electrons. The molecule has 0 saturated carbocycles.